The lowest BCUT2D eigenvalue weighted by molar-refractivity contribution is -0.140. The molecule has 2 aliphatic rings. The lowest BCUT2D eigenvalue weighted by Gasteiger charge is -2.47. The highest BCUT2D eigenvalue weighted by molar-refractivity contribution is 6.37. The summed E-state index contributed by atoms with van der Waals surface area (Å²) in [5.74, 6) is 1.96. The van der Waals surface area contributed by atoms with Crippen LogP contribution in [-0.2, 0) is 4.74 Å². The number of halogens is 2. The summed E-state index contributed by atoms with van der Waals surface area (Å²) in [5, 5.41) is 14.6. The van der Waals surface area contributed by atoms with Crippen LogP contribution in [0.15, 0.2) is 30.5 Å². The van der Waals surface area contributed by atoms with Gasteiger partial charge in [-0.25, -0.2) is 0 Å². The first-order valence-electron chi connectivity index (χ1n) is 13.0. The zero-order chi connectivity index (χ0) is 27.6. The first kappa shape index (κ1) is 27.6. The summed E-state index contributed by atoms with van der Waals surface area (Å²) in [4.78, 5) is 7.04. The molecule has 0 aliphatic carbocycles. The van der Waals surface area contributed by atoms with E-state index in [1.54, 1.807) is 19.2 Å². The van der Waals surface area contributed by atoms with E-state index >= 15 is 0 Å². The highest BCUT2D eigenvalue weighted by Gasteiger charge is 2.41. The van der Waals surface area contributed by atoms with Crippen LogP contribution in [0.4, 0.5) is 11.4 Å². The molecule has 0 radical (unpaired) electrons. The molecule has 2 saturated heterocycles. The summed E-state index contributed by atoms with van der Waals surface area (Å²) in [7, 11) is 3.13. The average Bonchev–Trinajstić information content (AvgIpc) is 2.92. The predicted octanol–water partition coefficient (Wildman–Crippen LogP) is 6.30. The van der Waals surface area contributed by atoms with E-state index in [-0.39, 0.29) is 0 Å². The molecule has 0 saturated carbocycles. The van der Waals surface area contributed by atoms with Gasteiger partial charge in [-0.3, -0.25) is 4.98 Å². The molecule has 1 N–H and O–H groups in total. The molecule has 2 fully saturated rings. The highest BCUT2D eigenvalue weighted by atomic mass is 35.5. The minimum absolute atomic E-state index is 0.338. The number of anilines is 2. The Kier molecular flexibility index (Phi) is 8.24. The summed E-state index contributed by atoms with van der Waals surface area (Å²) >= 11 is 12.7. The van der Waals surface area contributed by atoms with Crippen molar-refractivity contribution >= 4 is 45.5 Å². The van der Waals surface area contributed by atoms with E-state index < -0.39 is 0 Å². The maximum atomic E-state index is 9.80. The SMILES string of the molecule is COc1cc(Nc2c(C#N)cnc3cc(OCC(C)CN4CCC5(CC4)COC5)c(OC)cc23)c(Cl)cc1Cl. The van der Waals surface area contributed by atoms with Crippen molar-refractivity contribution in [2.24, 2.45) is 11.3 Å². The summed E-state index contributed by atoms with van der Waals surface area (Å²) in [6.07, 6.45) is 3.94. The van der Waals surface area contributed by atoms with Crippen molar-refractivity contribution < 1.29 is 18.9 Å². The molecule has 0 bridgehead atoms. The normalized spacial score (nSPS) is 17.3. The van der Waals surface area contributed by atoms with Crippen LogP contribution < -0.4 is 19.5 Å². The Bertz CT molecular complexity index is 1400. The van der Waals surface area contributed by atoms with Crippen LogP contribution >= 0.6 is 23.2 Å². The van der Waals surface area contributed by atoms with Crippen LogP contribution in [0.5, 0.6) is 17.2 Å². The Hall–Kier alpha value is -2.96. The Morgan fingerprint density at radius 2 is 1.82 bits per heavy atom. The molecule has 8 nitrogen and oxygen atoms in total. The number of rotatable bonds is 9. The van der Waals surface area contributed by atoms with Gasteiger partial charge in [0.05, 0.1) is 66.5 Å². The molecule has 1 atom stereocenters. The fraction of sp³-hybridized carbons (Fsp3) is 0.448. The summed E-state index contributed by atoms with van der Waals surface area (Å²) in [5.41, 5.74) is 2.54. The van der Waals surface area contributed by atoms with Crippen molar-refractivity contribution in [3.63, 3.8) is 0 Å². The molecule has 3 aromatic rings. The third-order valence-electron chi connectivity index (χ3n) is 7.60. The fourth-order valence-corrected chi connectivity index (χ4v) is 5.73. The van der Waals surface area contributed by atoms with Crippen LogP contribution in [-0.4, -0.2) is 63.6 Å². The van der Waals surface area contributed by atoms with Crippen LogP contribution in [0.2, 0.25) is 10.0 Å². The average molecular weight is 572 g/mol. The van der Waals surface area contributed by atoms with Gasteiger partial charge in [0.15, 0.2) is 11.5 Å². The molecule has 39 heavy (non-hydrogen) atoms. The number of ether oxygens (including phenoxy) is 4. The largest absolute Gasteiger partial charge is 0.495 e. The summed E-state index contributed by atoms with van der Waals surface area (Å²) in [6, 6.07) is 9.16. The van der Waals surface area contributed by atoms with E-state index in [1.807, 2.05) is 12.1 Å². The zero-order valence-electron chi connectivity index (χ0n) is 22.4. The van der Waals surface area contributed by atoms with Gasteiger partial charge in [-0.2, -0.15) is 5.26 Å². The number of hydrogen-bond donors (Lipinski definition) is 1. The van der Waals surface area contributed by atoms with Gasteiger partial charge in [-0.05, 0) is 38.1 Å². The predicted molar refractivity (Wildman–Crippen MR) is 153 cm³/mol. The number of nitrogens with one attached hydrogen (secondary N) is 1. The number of nitriles is 1. The third-order valence-corrected chi connectivity index (χ3v) is 8.21. The van der Waals surface area contributed by atoms with Gasteiger partial charge in [-0.15, -0.1) is 0 Å². The van der Waals surface area contributed by atoms with Gasteiger partial charge >= 0.3 is 0 Å². The molecule has 0 amide bonds. The standard InChI is InChI=1S/C29H32Cl2N4O4/c1-18(14-35-6-4-29(5-7-35)16-38-17-29)15-39-27-10-23-20(8-26(27)37-3)28(19(12-32)13-33-23)34-24-11-25(36-2)22(31)9-21(24)30/h8-11,13,18H,4-7,14-17H2,1-3H3,(H,33,34). The topological polar surface area (TPSA) is 88.9 Å². The summed E-state index contributed by atoms with van der Waals surface area (Å²) in [6.45, 7) is 7.79. The van der Waals surface area contributed by atoms with Gasteiger partial charge in [-0.1, -0.05) is 30.1 Å². The minimum Gasteiger partial charge on any atom is -0.495 e. The van der Waals surface area contributed by atoms with Crippen molar-refractivity contribution in [2.75, 3.05) is 59.0 Å². The molecule has 2 aliphatic heterocycles. The molecule has 206 valence electrons. The van der Waals surface area contributed by atoms with E-state index in [4.69, 9.17) is 42.1 Å². The number of fused-ring (bicyclic) bond motifs is 1. The van der Waals surface area contributed by atoms with Gasteiger partial charge in [0, 0.05) is 41.6 Å². The first-order valence-corrected chi connectivity index (χ1v) is 13.7. The van der Waals surface area contributed by atoms with Crippen LogP contribution in [0.3, 0.4) is 0 Å². The molecular formula is C29H32Cl2N4O4. The fourth-order valence-electron chi connectivity index (χ4n) is 5.22. The van der Waals surface area contributed by atoms with Gasteiger partial charge in [0.1, 0.15) is 11.8 Å². The van der Waals surface area contributed by atoms with Crippen molar-refractivity contribution in [1.82, 2.24) is 9.88 Å². The number of hydrogen-bond acceptors (Lipinski definition) is 8. The number of benzene rings is 2. The second kappa shape index (κ2) is 11.6. The minimum atomic E-state index is 0.338. The highest BCUT2D eigenvalue weighted by Crippen LogP contribution is 2.41. The molecule has 1 spiro atoms. The number of methoxy groups -OCH3 is 2. The Balaban J connectivity index is 1.34. The number of pyridine rings is 1. The van der Waals surface area contributed by atoms with Crippen LogP contribution in [0.25, 0.3) is 10.9 Å². The molecular weight excluding hydrogens is 539 g/mol. The van der Waals surface area contributed by atoms with E-state index in [1.165, 1.54) is 26.1 Å². The first-order chi connectivity index (χ1) is 18.8. The molecule has 5 rings (SSSR count). The lowest BCUT2D eigenvalue weighted by Crippen LogP contribution is -2.51. The molecule has 3 heterocycles. The van der Waals surface area contributed by atoms with Gasteiger partial charge < -0.3 is 29.2 Å². The van der Waals surface area contributed by atoms with Crippen molar-refractivity contribution in [3.8, 4) is 23.3 Å². The number of aromatic nitrogens is 1. The van der Waals surface area contributed by atoms with E-state index in [0.29, 0.717) is 73.1 Å². The van der Waals surface area contributed by atoms with E-state index in [2.05, 4.69) is 28.2 Å². The molecule has 1 unspecified atom stereocenters. The Morgan fingerprint density at radius 3 is 2.46 bits per heavy atom. The number of likely N-dealkylation sites (tertiary alicyclic amines) is 1. The molecule has 2 aromatic carbocycles. The lowest BCUT2D eigenvalue weighted by atomic mass is 9.77. The van der Waals surface area contributed by atoms with Crippen LogP contribution in [0, 0.1) is 22.7 Å². The van der Waals surface area contributed by atoms with Gasteiger partial charge in [0.25, 0.3) is 0 Å². The number of nitrogens with zero attached hydrogens (tertiary/aromatic N) is 3. The quantitative estimate of drug-likeness (QED) is 0.320. The van der Waals surface area contributed by atoms with Crippen LogP contribution in [0.1, 0.15) is 25.3 Å². The second-order valence-corrected chi connectivity index (χ2v) is 11.3. The van der Waals surface area contributed by atoms with Gasteiger partial charge in [0.2, 0.25) is 0 Å². The summed E-state index contributed by atoms with van der Waals surface area (Å²) < 4.78 is 22.7. The zero-order valence-corrected chi connectivity index (χ0v) is 23.9. The maximum Gasteiger partial charge on any atom is 0.163 e. The Morgan fingerprint density at radius 1 is 1.08 bits per heavy atom. The maximum absolute atomic E-state index is 9.80. The smallest absolute Gasteiger partial charge is 0.163 e. The van der Waals surface area contributed by atoms with Crippen molar-refractivity contribution in [2.45, 2.75) is 19.8 Å². The Labute approximate surface area is 238 Å². The molecule has 1 aromatic heterocycles. The van der Waals surface area contributed by atoms with E-state index in [0.717, 1.165) is 32.8 Å². The monoisotopic (exact) mass is 570 g/mol. The second-order valence-electron chi connectivity index (χ2n) is 10.5. The third kappa shape index (κ3) is 5.82. The molecule has 10 heteroatoms. The van der Waals surface area contributed by atoms with Crippen molar-refractivity contribution in [1.29, 1.82) is 5.26 Å². The van der Waals surface area contributed by atoms with E-state index in [9.17, 15) is 5.26 Å². The number of piperidine rings is 1. The van der Waals surface area contributed by atoms with Crippen molar-refractivity contribution in [3.05, 3.63) is 46.1 Å².